The fraction of sp³-hybridized carbons (Fsp3) is 0.154. The lowest BCUT2D eigenvalue weighted by Gasteiger charge is -2.29. The van der Waals surface area contributed by atoms with E-state index in [1.54, 1.807) is 29.4 Å². The summed E-state index contributed by atoms with van der Waals surface area (Å²) in [6, 6.07) is 5.43. The summed E-state index contributed by atoms with van der Waals surface area (Å²) >= 11 is 4.65. The van der Waals surface area contributed by atoms with Crippen molar-refractivity contribution in [3.8, 4) is 0 Å². The number of rotatable bonds is 3. The van der Waals surface area contributed by atoms with Gasteiger partial charge in [0, 0.05) is 22.9 Å². The average Bonchev–Trinajstić information content (AvgIpc) is 2.51. The number of aromatic nitrogens is 2. The number of nitrogens with zero attached hydrogens (tertiary/aromatic N) is 3. The number of benzene rings is 1. The second kappa shape index (κ2) is 5.51. The monoisotopic (exact) mass is 351 g/mol. The first kappa shape index (κ1) is 13.5. The minimum absolute atomic E-state index is 0.000586. The highest BCUT2D eigenvalue weighted by atomic mass is 79.9. The van der Waals surface area contributed by atoms with Crippen LogP contribution in [0, 0.1) is 0 Å². The first-order chi connectivity index (χ1) is 9.74. The van der Waals surface area contributed by atoms with Crippen molar-refractivity contribution in [3.63, 3.8) is 0 Å². The Hall–Kier alpha value is -1.44. The van der Waals surface area contributed by atoms with Crippen LogP contribution in [0.4, 0.5) is 11.5 Å². The van der Waals surface area contributed by atoms with E-state index in [4.69, 9.17) is 0 Å². The molecule has 0 atom stereocenters. The van der Waals surface area contributed by atoms with Crippen molar-refractivity contribution in [2.45, 2.75) is 9.92 Å². The average molecular weight is 352 g/mol. The molecule has 1 aromatic heterocycles. The topological polar surface area (TPSA) is 66.3 Å². The number of hydrogen-bond donors (Lipinski definition) is 1. The molecule has 5 nitrogen and oxygen atoms in total. The zero-order valence-electron chi connectivity index (χ0n) is 10.3. The smallest absolute Gasteiger partial charge is 0.173 e. The molecule has 2 heterocycles. The van der Waals surface area contributed by atoms with Gasteiger partial charge in [-0.1, -0.05) is 33.8 Å². The molecule has 0 radical (unpaired) electrons. The molecule has 20 heavy (non-hydrogen) atoms. The molecule has 0 fully saturated rings. The molecular formula is C13H10BrN3O2S. The fourth-order valence-electron chi connectivity index (χ4n) is 2.00. The van der Waals surface area contributed by atoms with Crippen molar-refractivity contribution in [2.24, 2.45) is 0 Å². The minimum Gasteiger partial charge on any atom is -0.376 e. The van der Waals surface area contributed by atoms with Gasteiger partial charge in [0.15, 0.2) is 11.6 Å². The number of aliphatic hydroxyl groups excluding tert-OH is 1. The van der Waals surface area contributed by atoms with Crippen LogP contribution in [0.3, 0.4) is 0 Å². The number of Topliss-reactive ketones (excluding diaryl/α,β-unsaturated/α-hetero) is 1. The van der Waals surface area contributed by atoms with E-state index < -0.39 is 0 Å². The first-order valence-corrected chi connectivity index (χ1v) is 7.79. The van der Waals surface area contributed by atoms with Gasteiger partial charge in [0.25, 0.3) is 0 Å². The highest BCUT2D eigenvalue weighted by Crippen LogP contribution is 2.45. The number of halogens is 1. The maximum atomic E-state index is 11.8. The van der Waals surface area contributed by atoms with Crippen molar-refractivity contribution in [1.82, 2.24) is 9.97 Å². The molecule has 1 N–H and O–H groups in total. The summed E-state index contributed by atoms with van der Waals surface area (Å²) in [7, 11) is 0. The third kappa shape index (κ3) is 2.21. The molecule has 3 rings (SSSR count). The van der Waals surface area contributed by atoms with E-state index in [0.29, 0.717) is 11.4 Å². The number of aliphatic hydroxyl groups is 1. The lowest BCUT2D eigenvalue weighted by atomic mass is 10.1. The molecule has 0 saturated heterocycles. The molecule has 0 unspecified atom stereocenters. The van der Waals surface area contributed by atoms with Crippen LogP contribution >= 0.6 is 27.7 Å². The van der Waals surface area contributed by atoms with Gasteiger partial charge in [0.05, 0.1) is 11.0 Å². The molecule has 0 aliphatic carbocycles. The number of fused-ring (bicyclic) bond motifs is 2. The fourth-order valence-corrected chi connectivity index (χ4v) is 3.31. The van der Waals surface area contributed by atoms with Gasteiger partial charge >= 0.3 is 0 Å². The molecule has 2 aromatic rings. The Morgan fingerprint density at radius 3 is 2.90 bits per heavy atom. The van der Waals surface area contributed by atoms with Gasteiger partial charge in [0.2, 0.25) is 0 Å². The number of ketones is 1. The maximum absolute atomic E-state index is 11.8. The van der Waals surface area contributed by atoms with Gasteiger partial charge in [-0.05, 0) is 12.1 Å². The molecule has 1 aliphatic heterocycles. The predicted molar refractivity (Wildman–Crippen MR) is 79.9 cm³/mol. The zero-order chi connectivity index (χ0) is 14.1. The summed E-state index contributed by atoms with van der Waals surface area (Å²) in [5, 5.41) is 10.6. The molecule has 102 valence electrons. The van der Waals surface area contributed by atoms with Gasteiger partial charge in [0.1, 0.15) is 11.8 Å². The maximum Gasteiger partial charge on any atom is 0.173 e. The van der Waals surface area contributed by atoms with E-state index in [2.05, 4.69) is 25.9 Å². The molecule has 0 bridgehead atoms. The van der Waals surface area contributed by atoms with Crippen LogP contribution in [-0.4, -0.2) is 32.9 Å². The first-order valence-electron chi connectivity index (χ1n) is 5.85. The third-order valence-electron chi connectivity index (χ3n) is 2.94. The minimum atomic E-state index is -0.217. The number of anilines is 2. The van der Waals surface area contributed by atoms with Crippen molar-refractivity contribution in [2.75, 3.05) is 17.0 Å². The highest BCUT2D eigenvalue weighted by Gasteiger charge is 2.25. The molecule has 1 aliphatic rings. The van der Waals surface area contributed by atoms with Crippen LogP contribution < -0.4 is 4.90 Å². The van der Waals surface area contributed by atoms with Crippen LogP contribution in [0.15, 0.2) is 40.5 Å². The van der Waals surface area contributed by atoms with Gasteiger partial charge in [-0.2, -0.15) is 0 Å². The van der Waals surface area contributed by atoms with Crippen molar-refractivity contribution < 1.29 is 9.90 Å². The van der Waals surface area contributed by atoms with Crippen molar-refractivity contribution in [1.29, 1.82) is 0 Å². The predicted octanol–water partition coefficient (Wildman–Crippen LogP) is 2.61. The van der Waals surface area contributed by atoms with Crippen LogP contribution in [0.5, 0.6) is 0 Å². The van der Waals surface area contributed by atoms with Crippen LogP contribution in [0.2, 0.25) is 0 Å². The Balaban J connectivity index is 2.11. The highest BCUT2D eigenvalue weighted by molar-refractivity contribution is 9.09. The number of carbonyl (C=O) groups excluding carboxylic acids is 1. The standard InChI is InChI=1S/C13H10BrN3O2S/c14-6-10(19)8-1-2-11-9(5-8)17(7-18)12-13(20-11)16-4-3-15-12/h1-5,18H,6-7H2. The van der Waals surface area contributed by atoms with Crippen molar-refractivity contribution in [3.05, 3.63) is 36.2 Å². The number of alkyl halides is 1. The summed E-state index contributed by atoms with van der Waals surface area (Å²) in [5.74, 6) is 0.608. The molecule has 1 aromatic carbocycles. The summed E-state index contributed by atoms with van der Waals surface area (Å²) in [6.45, 7) is -0.217. The van der Waals surface area contributed by atoms with E-state index >= 15 is 0 Å². The molecule has 0 amide bonds. The summed E-state index contributed by atoms with van der Waals surface area (Å²) in [5.41, 5.74) is 1.38. The van der Waals surface area contributed by atoms with Gasteiger partial charge in [-0.15, -0.1) is 0 Å². The zero-order valence-corrected chi connectivity index (χ0v) is 12.7. The van der Waals surface area contributed by atoms with Crippen LogP contribution in [-0.2, 0) is 0 Å². The Morgan fingerprint density at radius 1 is 1.35 bits per heavy atom. The Labute approximate surface area is 128 Å². The normalized spacial score (nSPS) is 12.8. The second-order valence-electron chi connectivity index (χ2n) is 4.10. The lowest BCUT2D eigenvalue weighted by Crippen LogP contribution is -2.23. The van der Waals surface area contributed by atoms with E-state index in [9.17, 15) is 9.90 Å². The second-order valence-corrected chi connectivity index (χ2v) is 5.69. The quantitative estimate of drug-likeness (QED) is 0.677. The number of hydrogen-bond acceptors (Lipinski definition) is 6. The number of carbonyl (C=O) groups is 1. The lowest BCUT2D eigenvalue weighted by molar-refractivity contribution is 0.102. The van der Waals surface area contributed by atoms with Gasteiger partial charge in [-0.3, -0.25) is 9.69 Å². The van der Waals surface area contributed by atoms with Gasteiger partial charge in [-0.25, -0.2) is 9.97 Å². The Bertz CT molecular complexity index is 680. The van der Waals surface area contributed by atoms with Crippen LogP contribution in [0.1, 0.15) is 10.4 Å². The molecular weight excluding hydrogens is 342 g/mol. The van der Waals surface area contributed by atoms with E-state index in [0.717, 1.165) is 15.6 Å². The Morgan fingerprint density at radius 2 is 2.15 bits per heavy atom. The summed E-state index contributed by atoms with van der Waals surface area (Å²) < 4.78 is 0. The third-order valence-corrected chi connectivity index (χ3v) is 4.50. The van der Waals surface area contributed by atoms with Crippen LogP contribution in [0.25, 0.3) is 0 Å². The Kier molecular flexibility index (Phi) is 3.73. The SMILES string of the molecule is O=C(CBr)c1ccc2c(c1)N(CO)c1nccnc1S2. The molecule has 0 spiro atoms. The van der Waals surface area contributed by atoms with Gasteiger partial charge < -0.3 is 5.11 Å². The largest absolute Gasteiger partial charge is 0.376 e. The van der Waals surface area contributed by atoms with Crippen molar-refractivity contribution >= 4 is 45.0 Å². The summed E-state index contributed by atoms with van der Waals surface area (Å²) in [4.78, 5) is 22.9. The van der Waals surface area contributed by atoms with E-state index in [1.807, 2.05) is 6.07 Å². The molecule has 7 heteroatoms. The molecule has 0 saturated carbocycles. The summed E-state index contributed by atoms with van der Waals surface area (Å²) in [6.07, 6.45) is 3.20. The van der Waals surface area contributed by atoms with E-state index in [1.165, 1.54) is 11.8 Å². The van der Waals surface area contributed by atoms with E-state index in [-0.39, 0.29) is 17.8 Å².